The van der Waals surface area contributed by atoms with E-state index in [1.54, 1.807) is 6.07 Å². The van der Waals surface area contributed by atoms with Gasteiger partial charge in [-0.25, -0.2) is 4.39 Å². The minimum absolute atomic E-state index is 0.0586. The SMILES string of the molecule is O=C(CCNC(=O)c1n[nH]c2ccccc12)Nc1ccc(F)c(Cl)c1. The quantitative estimate of drug-likeness (QED) is 0.653. The maximum absolute atomic E-state index is 13.1. The van der Waals surface area contributed by atoms with E-state index in [0.717, 1.165) is 5.52 Å². The van der Waals surface area contributed by atoms with Crippen LogP contribution in [-0.4, -0.2) is 28.6 Å². The summed E-state index contributed by atoms with van der Waals surface area (Å²) >= 11 is 5.65. The number of aromatic amines is 1. The molecular weight excluding hydrogens is 347 g/mol. The molecule has 1 heterocycles. The predicted octanol–water partition coefficient (Wildman–Crippen LogP) is 3.11. The van der Waals surface area contributed by atoms with Crippen molar-refractivity contribution in [2.45, 2.75) is 6.42 Å². The van der Waals surface area contributed by atoms with Crippen LogP contribution in [0.15, 0.2) is 42.5 Å². The maximum atomic E-state index is 13.1. The summed E-state index contributed by atoms with van der Waals surface area (Å²) in [5, 5.41) is 12.6. The van der Waals surface area contributed by atoms with Crippen LogP contribution in [0, 0.1) is 5.82 Å². The summed E-state index contributed by atoms with van der Waals surface area (Å²) in [4.78, 5) is 24.0. The highest BCUT2D eigenvalue weighted by atomic mass is 35.5. The Morgan fingerprint density at radius 1 is 1.20 bits per heavy atom. The molecule has 0 radical (unpaired) electrons. The number of nitrogens with zero attached hydrogens (tertiary/aromatic N) is 1. The number of H-pyrrole nitrogens is 1. The number of halogens is 2. The zero-order valence-electron chi connectivity index (χ0n) is 13.0. The summed E-state index contributed by atoms with van der Waals surface area (Å²) in [6, 6.07) is 11.2. The fraction of sp³-hybridized carbons (Fsp3) is 0.118. The van der Waals surface area contributed by atoms with Crippen molar-refractivity contribution >= 4 is 40.0 Å². The lowest BCUT2D eigenvalue weighted by Crippen LogP contribution is -2.28. The first kappa shape index (κ1) is 16.9. The Morgan fingerprint density at radius 2 is 2.00 bits per heavy atom. The van der Waals surface area contributed by atoms with Gasteiger partial charge in [0.25, 0.3) is 5.91 Å². The van der Waals surface area contributed by atoms with Crippen molar-refractivity contribution in [1.29, 1.82) is 0 Å². The molecule has 0 aliphatic heterocycles. The van der Waals surface area contributed by atoms with E-state index >= 15 is 0 Å². The second kappa shape index (κ2) is 7.31. The first-order valence-electron chi connectivity index (χ1n) is 7.51. The number of fused-ring (bicyclic) bond motifs is 1. The van der Waals surface area contributed by atoms with E-state index in [4.69, 9.17) is 11.6 Å². The van der Waals surface area contributed by atoms with Gasteiger partial charge >= 0.3 is 0 Å². The molecule has 25 heavy (non-hydrogen) atoms. The van der Waals surface area contributed by atoms with E-state index in [0.29, 0.717) is 11.1 Å². The summed E-state index contributed by atoms with van der Waals surface area (Å²) in [7, 11) is 0. The fourth-order valence-corrected chi connectivity index (χ4v) is 2.49. The van der Waals surface area contributed by atoms with E-state index < -0.39 is 5.82 Å². The summed E-state index contributed by atoms with van der Waals surface area (Å²) < 4.78 is 13.1. The third kappa shape index (κ3) is 3.95. The Hall–Kier alpha value is -2.93. The molecule has 2 amide bonds. The van der Waals surface area contributed by atoms with E-state index in [1.165, 1.54) is 18.2 Å². The van der Waals surface area contributed by atoms with Gasteiger partial charge in [-0.1, -0.05) is 29.8 Å². The molecule has 0 atom stereocenters. The molecule has 8 heteroatoms. The van der Waals surface area contributed by atoms with Gasteiger partial charge in [0.15, 0.2) is 5.69 Å². The van der Waals surface area contributed by atoms with Crippen molar-refractivity contribution in [2.24, 2.45) is 0 Å². The first-order chi connectivity index (χ1) is 12.0. The van der Waals surface area contributed by atoms with E-state index in [9.17, 15) is 14.0 Å². The van der Waals surface area contributed by atoms with Gasteiger partial charge in [-0.3, -0.25) is 14.7 Å². The van der Waals surface area contributed by atoms with Gasteiger partial charge in [-0.05, 0) is 24.3 Å². The van der Waals surface area contributed by atoms with Crippen molar-refractivity contribution < 1.29 is 14.0 Å². The molecule has 0 saturated carbocycles. The lowest BCUT2D eigenvalue weighted by atomic mass is 10.2. The van der Waals surface area contributed by atoms with Crippen molar-refractivity contribution in [1.82, 2.24) is 15.5 Å². The van der Waals surface area contributed by atoms with Crippen LogP contribution in [0.5, 0.6) is 0 Å². The Bertz CT molecular complexity index is 941. The molecule has 0 aliphatic rings. The number of anilines is 1. The number of benzene rings is 2. The minimum Gasteiger partial charge on any atom is -0.350 e. The monoisotopic (exact) mass is 360 g/mol. The topological polar surface area (TPSA) is 86.9 Å². The van der Waals surface area contributed by atoms with Crippen LogP contribution in [0.4, 0.5) is 10.1 Å². The van der Waals surface area contributed by atoms with Crippen LogP contribution in [0.2, 0.25) is 5.02 Å². The van der Waals surface area contributed by atoms with Gasteiger partial charge in [-0.15, -0.1) is 0 Å². The molecule has 3 N–H and O–H groups in total. The highest BCUT2D eigenvalue weighted by Crippen LogP contribution is 2.19. The number of hydrogen-bond donors (Lipinski definition) is 3. The Labute approximate surface area is 147 Å². The number of nitrogens with one attached hydrogen (secondary N) is 3. The fourth-order valence-electron chi connectivity index (χ4n) is 2.31. The second-order valence-electron chi connectivity index (χ2n) is 5.30. The summed E-state index contributed by atoms with van der Waals surface area (Å²) in [5.74, 6) is -1.25. The van der Waals surface area contributed by atoms with Crippen molar-refractivity contribution in [2.75, 3.05) is 11.9 Å². The van der Waals surface area contributed by atoms with Crippen LogP contribution < -0.4 is 10.6 Å². The molecule has 0 aliphatic carbocycles. The third-order valence-electron chi connectivity index (χ3n) is 3.53. The number of carbonyl (C=O) groups is 2. The van der Waals surface area contributed by atoms with Crippen LogP contribution in [0.1, 0.15) is 16.9 Å². The lowest BCUT2D eigenvalue weighted by molar-refractivity contribution is -0.116. The lowest BCUT2D eigenvalue weighted by Gasteiger charge is -2.07. The molecule has 128 valence electrons. The van der Waals surface area contributed by atoms with Crippen molar-refractivity contribution in [3.05, 3.63) is 59.0 Å². The number of rotatable bonds is 5. The molecule has 3 aromatic rings. The van der Waals surface area contributed by atoms with E-state index in [1.807, 2.05) is 18.2 Å². The predicted molar refractivity (Wildman–Crippen MR) is 93.1 cm³/mol. The van der Waals surface area contributed by atoms with Gasteiger partial charge in [0.05, 0.1) is 10.5 Å². The molecular formula is C17H14ClFN4O2. The Balaban J connectivity index is 1.52. The van der Waals surface area contributed by atoms with Crippen LogP contribution in [0.25, 0.3) is 10.9 Å². The molecule has 3 rings (SSSR count). The molecule has 0 bridgehead atoms. The van der Waals surface area contributed by atoms with Gasteiger partial charge in [-0.2, -0.15) is 5.10 Å². The molecule has 0 saturated heterocycles. The minimum atomic E-state index is -0.557. The van der Waals surface area contributed by atoms with Gasteiger partial charge in [0, 0.05) is 24.0 Å². The summed E-state index contributed by atoms with van der Waals surface area (Å²) in [6.45, 7) is 0.140. The van der Waals surface area contributed by atoms with E-state index in [-0.39, 0.29) is 35.5 Å². The Kier molecular flexibility index (Phi) is 4.95. The average molecular weight is 361 g/mol. The summed E-state index contributed by atoms with van der Waals surface area (Å²) in [6.07, 6.45) is 0.0586. The zero-order chi connectivity index (χ0) is 17.8. The smallest absolute Gasteiger partial charge is 0.272 e. The van der Waals surface area contributed by atoms with Crippen LogP contribution in [0.3, 0.4) is 0 Å². The molecule has 0 spiro atoms. The van der Waals surface area contributed by atoms with Gasteiger partial charge < -0.3 is 10.6 Å². The standard InChI is InChI=1S/C17H14ClFN4O2/c18-12-9-10(5-6-13(12)19)21-15(24)7-8-20-17(25)16-11-3-1-2-4-14(11)22-23-16/h1-6,9H,7-8H2,(H,20,25)(H,21,24)(H,22,23). The number of para-hydroxylation sites is 1. The van der Waals surface area contributed by atoms with Gasteiger partial charge in [0.2, 0.25) is 5.91 Å². The zero-order valence-corrected chi connectivity index (χ0v) is 13.7. The number of amides is 2. The highest BCUT2D eigenvalue weighted by Gasteiger charge is 2.13. The van der Waals surface area contributed by atoms with Gasteiger partial charge in [0.1, 0.15) is 5.82 Å². The number of aromatic nitrogens is 2. The first-order valence-corrected chi connectivity index (χ1v) is 7.88. The van der Waals surface area contributed by atoms with Crippen LogP contribution >= 0.6 is 11.6 Å². The largest absolute Gasteiger partial charge is 0.350 e. The number of carbonyl (C=O) groups excluding carboxylic acids is 2. The third-order valence-corrected chi connectivity index (χ3v) is 3.82. The average Bonchev–Trinajstić information content (AvgIpc) is 3.02. The summed E-state index contributed by atoms with van der Waals surface area (Å²) in [5.41, 5.74) is 1.43. The number of hydrogen-bond acceptors (Lipinski definition) is 3. The maximum Gasteiger partial charge on any atom is 0.272 e. The molecule has 0 unspecified atom stereocenters. The van der Waals surface area contributed by atoms with E-state index in [2.05, 4.69) is 20.8 Å². The molecule has 0 fully saturated rings. The Morgan fingerprint density at radius 3 is 2.80 bits per heavy atom. The van der Waals surface area contributed by atoms with Crippen molar-refractivity contribution in [3.63, 3.8) is 0 Å². The normalized spacial score (nSPS) is 10.6. The molecule has 2 aromatic carbocycles. The van der Waals surface area contributed by atoms with Crippen molar-refractivity contribution in [3.8, 4) is 0 Å². The van der Waals surface area contributed by atoms with Crippen LogP contribution in [-0.2, 0) is 4.79 Å². The molecule has 6 nitrogen and oxygen atoms in total. The molecule has 1 aromatic heterocycles. The second-order valence-corrected chi connectivity index (χ2v) is 5.71. The highest BCUT2D eigenvalue weighted by molar-refractivity contribution is 6.31.